The highest BCUT2D eigenvalue weighted by atomic mass is 16.3. The summed E-state index contributed by atoms with van der Waals surface area (Å²) >= 11 is 0. The van der Waals surface area contributed by atoms with E-state index in [1.165, 1.54) is 0 Å². The van der Waals surface area contributed by atoms with Gasteiger partial charge in [0.15, 0.2) is 0 Å². The van der Waals surface area contributed by atoms with E-state index in [0.29, 0.717) is 19.0 Å². The molecule has 6 heteroatoms. The van der Waals surface area contributed by atoms with Crippen LogP contribution in [0.25, 0.3) is 11.3 Å². The molecule has 0 aliphatic carbocycles. The summed E-state index contributed by atoms with van der Waals surface area (Å²) in [4.78, 5) is 22.6. The van der Waals surface area contributed by atoms with Crippen LogP contribution in [-0.4, -0.2) is 45.7 Å². The highest BCUT2D eigenvalue weighted by Crippen LogP contribution is 2.22. The average molecular weight is 312 g/mol. The number of anilines is 1. The lowest BCUT2D eigenvalue weighted by molar-refractivity contribution is 0.208. The predicted octanol–water partition coefficient (Wildman–Crippen LogP) is 2.30. The van der Waals surface area contributed by atoms with Gasteiger partial charge in [-0.1, -0.05) is 30.3 Å². The standard InChI is InChI=1S/C17H20N4O2/c1-12-9-18-16(19-15(12)14-5-3-2-4-6-14)20-17(23)21-8-7-13(10-21)11-22/h2-6,9,13,22H,7-8,10-11H2,1H3,(H,18,19,20,23)/t13-/m0/s1. The molecule has 1 saturated heterocycles. The van der Waals surface area contributed by atoms with Crippen LogP contribution in [-0.2, 0) is 0 Å². The minimum Gasteiger partial charge on any atom is -0.396 e. The minimum absolute atomic E-state index is 0.114. The van der Waals surface area contributed by atoms with Crippen molar-refractivity contribution in [3.63, 3.8) is 0 Å². The Balaban J connectivity index is 1.75. The van der Waals surface area contributed by atoms with Gasteiger partial charge in [-0.25, -0.2) is 14.8 Å². The topological polar surface area (TPSA) is 78.4 Å². The van der Waals surface area contributed by atoms with Crippen LogP contribution >= 0.6 is 0 Å². The maximum atomic E-state index is 12.3. The van der Waals surface area contributed by atoms with Crippen molar-refractivity contribution in [3.8, 4) is 11.3 Å². The SMILES string of the molecule is Cc1cnc(NC(=O)N2CC[C@H](CO)C2)nc1-c1ccccc1. The lowest BCUT2D eigenvalue weighted by Gasteiger charge is -2.16. The van der Waals surface area contributed by atoms with Gasteiger partial charge in [-0.2, -0.15) is 0 Å². The van der Waals surface area contributed by atoms with Crippen LogP contribution in [0, 0.1) is 12.8 Å². The summed E-state index contributed by atoms with van der Waals surface area (Å²) in [6, 6.07) is 9.60. The monoisotopic (exact) mass is 312 g/mol. The Morgan fingerprint density at radius 2 is 2.17 bits per heavy atom. The van der Waals surface area contributed by atoms with E-state index in [0.717, 1.165) is 23.2 Å². The minimum atomic E-state index is -0.219. The Morgan fingerprint density at radius 1 is 1.39 bits per heavy atom. The van der Waals surface area contributed by atoms with E-state index in [-0.39, 0.29) is 18.6 Å². The molecule has 1 aliphatic rings. The number of likely N-dealkylation sites (tertiary alicyclic amines) is 1. The number of aromatic nitrogens is 2. The van der Waals surface area contributed by atoms with Crippen molar-refractivity contribution >= 4 is 12.0 Å². The van der Waals surface area contributed by atoms with E-state index in [9.17, 15) is 4.79 Å². The van der Waals surface area contributed by atoms with Crippen LogP contribution < -0.4 is 5.32 Å². The Labute approximate surface area is 135 Å². The number of urea groups is 1. The van der Waals surface area contributed by atoms with Gasteiger partial charge in [0.25, 0.3) is 0 Å². The fourth-order valence-electron chi connectivity index (χ4n) is 2.73. The molecule has 3 rings (SSSR count). The van der Waals surface area contributed by atoms with Gasteiger partial charge in [0.05, 0.1) is 5.69 Å². The molecule has 2 N–H and O–H groups in total. The van der Waals surface area contributed by atoms with E-state index in [1.807, 2.05) is 37.3 Å². The van der Waals surface area contributed by atoms with Crippen molar-refractivity contribution in [3.05, 3.63) is 42.1 Å². The van der Waals surface area contributed by atoms with Gasteiger partial charge in [0, 0.05) is 37.4 Å². The Hall–Kier alpha value is -2.47. The highest BCUT2D eigenvalue weighted by molar-refractivity contribution is 5.88. The Bertz CT molecular complexity index is 690. The number of hydrogen-bond acceptors (Lipinski definition) is 4. The summed E-state index contributed by atoms with van der Waals surface area (Å²) in [5.41, 5.74) is 2.76. The van der Waals surface area contributed by atoms with Crippen molar-refractivity contribution in [1.29, 1.82) is 0 Å². The number of carbonyl (C=O) groups is 1. The molecule has 0 unspecified atom stereocenters. The summed E-state index contributed by atoms with van der Waals surface area (Å²) in [5.74, 6) is 0.464. The third kappa shape index (κ3) is 3.48. The molecule has 2 aromatic rings. The van der Waals surface area contributed by atoms with E-state index in [1.54, 1.807) is 11.1 Å². The molecule has 2 amide bonds. The number of carbonyl (C=O) groups excluding carboxylic acids is 1. The van der Waals surface area contributed by atoms with Crippen LogP contribution in [0.4, 0.5) is 10.7 Å². The van der Waals surface area contributed by atoms with E-state index in [4.69, 9.17) is 5.11 Å². The second-order valence-corrected chi connectivity index (χ2v) is 5.80. The number of benzene rings is 1. The first-order chi connectivity index (χ1) is 11.2. The Morgan fingerprint density at radius 3 is 2.87 bits per heavy atom. The maximum absolute atomic E-state index is 12.3. The molecule has 1 aromatic carbocycles. The summed E-state index contributed by atoms with van der Waals surface area (Å²) in [6.07, 6.45) is 2.54. The highest BCUT2D eigenvalue weighted by Gasteiger charge is 2.26. The van der Waals surface area contributed by atoms with Gasteiger partial charge in [-0.3, -0.25) is 5.32 Å². The fourth-order valence-corrected chi connectivity index (χ4v) is 2.73. The van der Waals surface area contributed by atoms with Crippen LogP contribution in [0.3, 0.4) is 0 Å². The number of nitrogens with zero attached hydrogens (tertiary/aromatic N) is 3. The van der Waals surface area contributed by atoms with Crippen LogP contribution in [0.5, 0.6) is 0 Å². The van der Waals surface area contributed by atoms with Gasteiger partial charge in [-0.05, 0) is 18.9 Å². The van der Waals surface area contributed by atoms with Gasteiger partial charge in [-0.15, -0.1) is 0 Å². The molecular formula is C17H20N4O2. The van der Waals surface area contributed by atoms with Crippen molar-refractivity contribution in [2.24, 2.45) is 5.92 Å². The first kappa shape index (κ1) is 15.4. The molecular weight excluding hydrogens is 292 g/mol. The molecule has 0 bridgehead atoms. The van der Waals surface area contributed by atoms with Gasteiger partial charge in [0.2, 0.25) is 5.95 Å². The number of aliphatic hydroxyl groups excluding tert-OH is 1. The van der Waals surface area contributed by atoms with Gasteiger partial charge >= 0.3 is 6.03 Å². The molecule has 1 atom stereocenters. The zero-order valence-electron chi connectivity index (χ0n) is 13.1. The second kappa shape index (κ2) is 6.75. The molecule has 0 saturated carbocycles. The maximum Gasteiger partial charge on any atom is 0.324 e. The van der Waals surface area contributed by atoms with E-state index >= 15 is 0 Å². The summed E-state index contributed by atoms with van der Waals surface area (Å²) < 4.78 is 0. The van der Waals surface area contributed by atoms with Crippen molar-refractivity contribution < 1.29 is 9.90 Å². The second-order valence-electron chi connectivity index (χ2n) is 5.80. The zero-order chi connectivity index (χ0) is 16.2. The van der Waals surface area contributed by atoms with E-state index in [2.05, 4.69) is 15.3 Å². The summed E-state index contributed by atoms with van der Waals surface area (Å²) in [6.45, 7) is 3.28. The lowest BCUT2D eigenvalue weighted by Crippen LogP contribution is -2.33. The molecule has 23 heavy (non-hydrogen) atoms. The fraction of sp³-hybridized carbons (Fsp3) is 0.353. The summed E-state index contributed by atoms with van der Waals surface area (Å²) in [7, 11) is 0. The molecule has 1 aromatic heterocycles. The zero-order valence-corrected chi connectivity index (χ0v) is 13.1. The number of amides is 2. The largest absolute Gasteiger partial charge is 0.396 e. The van der Waals surface area contributed by atoms with Crippen molar-refractivity contribution in [1.82, 2.24) is 14.9 Å². The van der Waals surface area contributed by atoms with Crippen LogP contribution in [0.15, 0.2) is 36.5 Å². The quantitative estimate of drug-likeness (QED) is 0.911. The molecule has 0 spiro atoms. The molecule has 120 valence electrons. The smallest absolute Gasteiger partial charge is 0.324 e. The van der Waals surface area contributed by atoms with Crippen LogP contribution in [0.1, 0.15) is 12.0 Å². The normalized spacial score (nSPS) is 17.3. The molecule has 0 radical (unpaired) electrons. The molecule has 1 fully saturated rings. The first-order valence-electron chi connectivity index (χ1n) is 7.73. The van der Waals surface area contributed by atoms with Crippen molar-refractivity contribution in [2.75, 3.05) is 25.0 Å². The first-order valence-corrected chi connectivity index (χ1v) is 7.73. The van der Waals surface area contributed by atoms with E-state index < -0.39 is 0 Å². The Kier molecular flexibility index (Phi) is 4.52. The lowest BCUT2D eigenvalue weighted by atomic mass is 10.1. The summed E-state index contributed by atoms with van der Waals surface area (Å²) in [5, 5.41) is 11.9. The number of rotatable bonds is 3. The third-order valence-electron chi connectivity index (χ3n) is 4.07. The number of nitrogens with one attached hydrogen (secondary N) is 1. The molecule has 1 aliphatic heterocycles. The van der Waals surface area contributed by atoms with Gasteiger partial charge in [0.1, 0.15) is 0 Å². The van der Waals surface area contributed by atoms with Gasteiger partial charge < -0.3 is 10.0 Å². The molecule has 2 heterocycles. The molecule has 6 nitrogen and oxygen atoms in total. The van der Waals surface area contributed by atoms with Crippen LogP contribution in [0.2, 0.25) is 0 Å². The third-order valence-corrected chi connectivity index (χ3v) is 4.07. The number of hydrogen-bond donors (Lipinski definition) is 2. The average Bonchev–Trinajstić information content (AvgIpc) is 3.07. The predicted molar refractivity (Wildman–Crippen MR) is 88.0 cm³/mol. The number of aryl methyl sites for hydroxylation is 1. The number of aliphatic hydroxyl groups is 1. The van der Waals surface area contributed by atoms with Crippen molar-refractivity contribution in [2.45, 2.75) is 13.3 Å².